The summed E-state index contributed by atoms with van der Waals surface area (Å²) in [4.78, 5) is 2.35. The Morgan fingerprint density at radius 2 is 0.795 bits per heavy atom. The molecule has 0 aliphatic carbocycles. The molecule has 2 heteroatoms. The monoisotopic (exact) mass is 563 g/mol. The van der Waals surface area contributed by atoms with Crippen LogP contribution in [-0.4, -0.2) is 0 Å². The third-order valence-electron chi connectivity index (χ3n) is 8.22. The fraction of sp³-hybridized carbons (Fsp3) is 0. The fourth-order valence-electron chi connectivity index (χ4n) is 6.09. The van der Waals surface area contributed by atoms with Crippen molar-refractivity contribution in [3.05, 3.63) is 176 Å². The van der Waals surface area contributed by atoms with Gasteiger partial charge in [-0.15, -0.1) is 0 Å². The van der Waals surface area contributed by atoms with Crippen LogP contribution in [0.25, 0.3) is 55.3 Å². The Balaban J connectivity index is 1.37. The van der Waals surface area contributed by atoms with Crippen LogP contribution >= 0.6 is 0 Å². The zero-order chi connectivity index (χ0) is 29.3. The Morgan fingerprint density at radius 3 is 1.45 bits per heavy atom. The van der Waals surface area contributed by atoms with Crippen molar-refractivity contribution < 1.29 is 4.42 Å². The van der Waals surface area contributed by atoms with Gasteiger partial charge in [-0.25, -0.2) is 0 Å². The van der Waals surface area contributed by atoms with Gasteiger partial charge >= 0.3 is 0 Å². The zero-order valence-corrected chi connectivity index (χ0v) is 24.1. The smallest absolute Gasteiger partial charge is 0.137 e. The van der Waals surface area contributed by atoms with Gasteiger partial charge in [-0.2, -0.15) is 0 Å². The molecule has 0 bridgehead atoms. The van der Waals surface area contributed by atoms with Gasteiger partial charge in [-0.1, -0.05) is 121 Å². The van der Waals surface area contributed by atoms with E-state index in [0.29, 0.717) is 0 Å². The molecule has 0 spiro atoms. The minimum Gasteiger partial charge on any atom is -0.456 e. The molecular weight excluding hydrogens is 534 g/mol. The standard InChI is InChI=1S/C42H29NO/c1-4-13-30(14-5-1)33-19-12-20-36(26-33)43(37-23-24-40-39-21-10-11-22-41(39)44-42(40)29-37)38-27-34(31-15-6-2-7-16-31)25-35(28-38)32-17-8-3-9-18-32/h1-29H. The number of benzene rings is 7. The van der Waals surface area contributed by atoms with E-state index in [0.717, 1.165) is 50.1 Å². The second-order valence-corrected chi connectivity index (χ2v) is 11.0. The van der Waals surface area contributed by atoms with E-state index < -0.39 is 0 Å². The van der Waals surface area contributed by atoms with Gasteiger partial charge in [0.25, 0.3) is 0 Å². The first kappa shape index (κ1) is 25.8. The Kier molecular flexibility index (Phi) is 6.51. The molecule has 0 N–H and O–H groups in total. The zero-order valence-electron chi connectivity index (χ0n) is 24.1. The molecule has 0 unspecified atom stereocenters. The number of anilines is 3. The molecule has 0 atom stereocenters. The average molecular weight is 564 g/mol. The minimum absolute atomic E-state index is 0.871. The van der Waals surface area contributed by atoms with Crippen LogP contribution in [0.15, 0.2) is 180 Å². The van der Waals surface area contributed by atoms with Gasteiger partial charge in [0, 0.05) is 33.9 Å². The van der Waals surface area contributed by atoms with Crippen LogP contribution in [0, 0.1) is 0 Å². The lowest BCUT2D eigenvalue weighted by atomic mass is 9.97. The molecule has 2 nitrogen and oxygen atoms in total. The molecule has 0 saturated carbocycles. The molecule has 1 heterocycles. The number of rotatable bonds is 6. The van der Waals surface area contributed by atoms with E-state index in [1.165, 1.54) is 22.3 Å². The first-order chi connectivity index (χ1) is 21.8. The van der Waals surface area contributed by atoms with Crippen LogP contribution in [-0.2, 0) is 0 Å². The highest BCUT2D eigenvalue weighted by molar-refractivity contribution is 6.06. The summed E-state index contributed by atoms with van der Waals surface area (Å²) in [7, 11) is 0. The van der Waals surface area contributed by atoms with Crippen molar-refractivity contribution in [3.63, 3.8) is 0 Å². The first-order valence-corrected chi connectivity index (χ1v) is 14.9. The molecule has 8 rings (SSSR count). The molecule has 0 aliphatic heterocycles. The maximum atomic E-state index is 6.37. The number of hydrogen-bond donors (Lipinski definition) is 0. The van der Waals surface area contributed by atoms with Gasteiger partial charge in [0.15, 0.2) is 0 Å². The number of fused-ring (bicyclic) bond motifs is 3. The second-order valence-electron chi connectivity index (χ2n) is 11.0. The van der Waals surface area contributed by atoms with Crippen LogP contribution in [0.1, 0.15) is 0 Å². The summed E-state index contributed by atoms with van der Waals surface area (Å²) in [6, 6.07) is 62.2. The van der Waals surface area contributed by atoms with Crippen molar-refractivity contribution in [2.75, 3.05) is 4.90 Å². The van der Waals surface area contributed by atoms with Crippen molar-refractivity contribution in [2.24, 2.45) is 0 Å². The molecule has 0 fully saturated rings. The molecule has 0 amide bonds. The predicted molar refractivity (Wildman–Crippen MR) is 185 cm³/mol. The van der Waals surface area contributed by atoms with Gasteiger partial charge in [-0.3, -0.25) is 0 Å². The lowest BCUT2D eigenvalue weighted by Crippen LogP contribution is -2.10. The van der Waals surface area contributed by atoms with Gasteiger partial charge in [0.2, 0.25) is 0 Å². The minimum atomic E-state index is 0.871. The lowest BCUT2D eigenvalue weighted by Gasteiger charge is -2.27. The van der Waals surface area contributed by atoms with Gasteiger partial charge in [0.05, 0.1) is 0 Å². The summed E-state index contributed by atoms with van der Waals surface area (Å²) < 4.78 is 6.37. The SMILES string of the molecule is c1ccc(-c2cccc(N(c3cc(-c4ccccc4)cc(-c4ccccc4)c3)c3ccc4c(c3)oc3ccccc34)c2)cc1. The van der Waals surface area contributed by atoms with Crippen LogP contribution in [0.5, 0.6) is 0 Å². The normalized spacial score (nSPS) is 11.2. The van der Waals surface area contributed by atoms with Crippen molar-refractivity contribution in [2.45, 2.75) is 0 Å². The van der Waals surface area contributed by atoms with E-state index in [1.54, 1.807) is 0 Å². The summed E-state index contributed by atoms with van der Waals surface area (Å²) in [6.07, 6.45) is 0. The number of para-hydroxylation sites is 1. The summed E-state index contributed by atoms with van der Waals surface area (Å²) in [5.74, 6) is 0. The predicted octanol–water partition coefficient (Wildman–Crippen LogP) is 12.1. The molecule has 0 aliphatic rings. The molecule has 208 valence electrons. The van der Waals surface area contributed by atoms with Crippen molar-refractivity contribution in [1.82, 2.24) is 0 Å². The summed E-state index contributed by atoms with van der Waals surface area (Å²) >= 11 is 0. The largest absolute Gasteiger partial charge is 0.456 e. The van der Waals surface area contributed by atoms with Gasteiger partial charge < -0.3 is 9.32 Å². The average Bonchev–Trinajstić information content (AvgIpc) is 3.48. The molecule has 8 aromatic rings. The number of nitrogens with zero attached hydrogens (tertiary/aromatic N) is 1. The highest BCUT2D eigenvalue weighted by Crippen LogP contribution is 2.42. The molecule has 0 radical (unpaired) electrons. The number of hydrogen-bond acceptors (Lipinski definition) is 2. The Hall–Kier alpha value is -5.86. The summed E-state index contributed by atoms with van der Waals surface area (Å²) in [6.45, 7) is 0. The third kappa shape index (κ3) is 4.83. The Labute approximate surface area is 257 Å². The van der Waals surface area contributed by atoms with E-state index in [4.69, 9.17) is 4.42 Å². The highest BCUT2D eigenvalue weighted by Gasteiger charge is 2.18. The van der Waals surface area contributed by atoms with E-state index in [2.05, 4.69) is 169 Å². The number of furan rings is 1. The highest BCUT2D eigenvalue weighted by atomic mass is 16.3. The van der Waals surface area contributed by atoms with Crippen LogP contribution < -0.4 is 4.90 Å². The Morgan fingerprint density at radius 1 is 0.295 bits per heavy atom. The maximum Gasteiger partial charge on any atom is 0.137 e. The van der Waals surface area contributed by atoms with Crippen molar-refractivity contribution in [1.29, 1.82) is 0 Å². The van der Waals surface area contributed by atoms with E-state index in [9.17, 15) is 0 Å². The van der Waals surface area contributed by atoms with Crippen LogP contribution in [0.4, 0.5) is 17.1 Å². The Bertz CT molecular complexity index is 2160. The van der Waals surface area contributed by atoms with E-state index >= 15 is 0 Å². The molecule has 7 aromatic carbocycles. The molecule has 0 saturated heterocycles. The van der Waals surface area contributed by atoms with Gasteiger partial charge in [-0.05, 0) is 81.9 Å². The third-order valence-corrected chi connectivity index (χ3v) is 8.22. The molecule has 44 heavy (non-hydrogen) atoms. The van der Waals surface area contributed by atoms with Crippen molar-refractivity contribution in [3.8, 4) is 33.4 Å². The van der Waals surface area contributed by atoms with Crippen LogP contribution in [0.2, 0.25) is 0 Å². The second kappa shape index (κ2) is 11.1. The van der Waals surface area contributed by atoms with Crippen LogP contribution in [0.3, 0.4) is 0 Å². The van der Waals surface area contributed by atoms with E-state index in [-0.39, 0.29) is 0 Å². The molecular formula is C42H29NO. The topological polar surface area (TPSA) is 16.4 Å². The summed E-state index contributed by atoms with van der Waals surface area (Å²) in [5.41, 5.74) is 12.0. The molecule has 1 aromatic heterocycles. The summed E-state index contributed by atoms with van der Waals surface area (Å²) in [5, 5.41) is 2.24. The van der Waals surface area contributed by atoms with Crippen molar-refractivity contribution >= 4 is 39.0 Å². The quantitative estimate of drug-likeness (QED) is 0.200. The van der Waals surface area contributed by atoms with Gasteiger partial charge in [0.1, 0.15) is 11.2 Å². The lowest BCUT2D eigenvalue weighted by molar-refractivity contribution is 0.669. The first-order valence-electron chi connectivity index (χ1n) is 14.9. The maximum absolute atomic E-state index is 6.37. The van der Waals surface area contributed by atoms with E-state index in [1.807, 2.05) is 12.1 Å². The fourth-order valence-corrected chi connectivity index (χ4v) is 6.09.